The molecule has 0 aliphatic heterocycles. The summed E-state index contributed by atoms with van der Waals surface area (Å²) in [6, 6.07) is 4.63. The maximum atomic E-state index is 10.7. The van der Waals surface area contributed by atoms with Gasteiger partial charge in [-0.05, 0) is 41.1 Å². The quantitative estimate of drug-likeness (QED) is 0.905. The van der Waals surface area contributed by atoms with Crippen molar-refractivity contribution >= 4 is 21.9 Å². The molecule has 0 radical (unpaired) electrons. The van der Waals surface area contributed by atoms with Gasteiger partial charge in [0.1, 0.15) is 12.4 Å². The van der Waals surface area contributed by atoms with Crippen LogP contribution in [0, 0.1) is 0 Å². The second-order valence-corrected chi connectivity index (χ2v) is 4.16. The fourth-order valence-corrected chi connectivity index (χ4v) is 1.52. The van der Waals surface area contributed by atoms with Crippen molar-refractivity contribution in [3.8, 4) is 5.75 Å². The number of hydrogen-bond acceptors (Lipinski definition) is 3. The van der Waals surface area contributed by atoms with Gasteiger partial charge in [-0.15, -0.1) is 0 Å². The van der Waals surface area contributed by atoms with E-state index in [2.05, 4.69) is 15.9 Å². The van der Waals surface area contributed by atoms with Gasteiger partial charge in [-0.3, -0.25) is 0 Å². The average molecular weight is 289 g/mol. The summed E-state index contributed by atoms with van der Waals surface area (Å²) in [5, 5.41) is 8.77. The highest BCUT2D eigenvalue weighted by molar-refractivity contribution is 9.10. The summed E-state index contributed by atoms with van der Waals surface area (Å²) in [5.41, 5.74) is 0.221. The third-order valence-corrected chi connectivity index (χ3v) is 2.67. The van der Waals surface area contributed by atoms with Gasteiger partial charge in [0.15, 0.2) is 0 Å². The molecular weight excluding hydrogens is 276 g/mol. The van der Waals surface area contributed by atoms with E-state index in [0.29, 0.717) is 16.8 Å². The number of carboxylic acids is 1. The van der Waals surface area contributed by atoms with Crippen molar-refractivity contribution in [1.82, 2.24) is 0 Å². The van der Waals surface area contributed by atoms with E-state index >= 15 is 0 Å². The highest BCUT2D eigenvalue weighted by Crippen LogP contribution is 2.26. The van der Waals surface area contributed by atoms with Crippen LogP contribution in [0.15, 0.2) is 22.7 Å². The van der Waals surface area contributed by atoms with Crippen LogP contribution < -0.4 is 4.74 Å². The molecule has 1 N–H and O–H groups in total. The summed E-state index contributed by atoms with van der Waals surface area (Å²) in [6.07, 6.45) is -0.00829. The van der Waals surface area contributed by atoms with Crippen LogP contribution in [0.4, 0.5) is 0 Å². The van der Waals surface area contributed by atoms with E-state index in [1.54, 1.807) is 13.2 Å². The maximum Gasteiger partial charge on any atom is 0.335 e. The first-order chi connectivity index (χ1) is 7.54. The number of hydrogen-bond donors (Lipinski definition) is 1. The molecule has 0 heterocycles. The molecule has 1 atom stereocenters. The Kier molecular flexibility index (Phi) is 4.76. The second-order valence-electron chi connectivity index (χ2n) is 3.31. The predicted molar refractivity (Wildman–Crippen MR) is 63.1 cm³/mol. The van der Waals surface area contributed by atoms with Crippen LogP contribution in [0.25, 0.3) is 0 Å². The van der Waals surface area contributed by atoms with Gasteiger partial charge >= 0.3 is 5.97 Å². The van der Waals surface area contributed by atoms with Gasteiger partial charge in [-0.2, -0.15) is 0 Å². The first-order valence-corrected chi connectivity index (χ1v) is 5.52. The van der Waals surface area contributed by atoms with Crippen molar-refractivity contribution < 1.29 is 19.4 Å². The topological polar surface area (TPSA) is 55.8 Å². The Balaban J connectivity index is 2.72. The van der Waals surface area contributed by atoms with Crippen LogP contribution in [0.2, 0.25) is 0 Å². The Labute approximate surface area is 102 Å². The third kappa shape index (κ3) is 3.50. The lowest BCUT2D eigenvalue weighted by atomic mass is 10.2. The molecule has 1 aromatic rings. The summed E-state index contributed by atoms with van der Waals surface area (Å²) < 4.78 is 11.1. The van der Waals surface area contributed by atoms with E-state index in [4.69, 9.17) is 14.6 Å². The predicted octanol–water partition coefficient (Wildman–Crippen LogP) is 2.56. The van der Waals surface area contributed by atoms with Gasteiger partial charge in [0, 0.05) is 7.11 Å². The van der Waals surface area contributed by atoms with E-state index < -0.39 is 5.97 Å². The SMILES string of the molecule is COC(C)COc1ccc(C(=O)O)cc1Br. The van der Waals surface area contributed by atoms with Crippen molar-refractivity contribution in [2.75, 3.05) is 13.7 Å². The van der Waals surface area contributed by atoms with Crippen molar-refractivity contribution in [3.05, 3.63) is 28.2 Å². The fraction of sp³-hybridized carbons (Fsp3) is 0.364. The summed E-state index contributed by atoms with van der Waals surface area (Å²) in [7, 11) is 1.61. The van der Waals surface area contributed by atoms with E-state index in [1.807, 2.05) is 6.92 Å². The van der Waals surface area contributed by atoms with Gasteiger partial charge < -0.3 is 14.6 Å². The first-order valence-electron chi connectivity index (χ1n) is 4.73. The van der Waals surface area contributed by atoms with Gasteiger partial charge in [0.2, 0.25) is 0 Å². The molecule has 0 saturated heterocycles. The Morgan fingerprint density at radius 3 is 2.75 bits per heavy atom. The zero-order valence-corrected chi connectivity index (χ0v) is 10.7. The van der Waals surface area contributed by atoms with Crippen LogP contribution in [0.3, 0.4) is 0 Å². The fourth-order valence-electron chi connectivity index (χ4n) is 1.03. The highest BCUT2D eigenvalue weighted by Gasteiger charge is 2.08. The van der Waals surface area contributed by atoms with Gasteiger partial charge in [-0.25, -0.2) is 4.79 Å². The number of methoxy groups -OCH3 is 1. The van der Waals surface area contributed by atoms with Crippen LogP contribution in [0.5, 0.6) is 5.75 Å². The zero-order chi connectivity index (χ0) is 12.1. The molecule has 0 saturated carbocycles. The highest BCUT2D eigenvalue weighted by atomic mass is 79.9. The minimum absolute atomic E-state index is 0.00829. The molecule has 0 fully saturated rings. The van der Waals surface area contributed by atoms with Gasteiger partial charge in [-0.1, -0.05) is 0 Å². The van der Waals surface area contributed by atoms with Crippen molar-refractivity contribution in [1.29, 1.82) is 0 Å². The molecule has 0 bridgehead atoms. The van der Waals surface area contributed by atoms with E-state index in [0.717, 1.165) is 0 Å². The van der Waals surface area contributed by atoms with Crippen LogP contribution in [-0.4, -0.2) is 30.9 Å². The number of halogens is 1. The molecule has 0 amide bonds. The average Bonchev–Trinajstić information content (AvgIpc) is 2.26. The maximum absolute atomic E-state index is 10.7. The molecule has 16 heavy (non-hydrogen) atoms. The number of benzene rings is 1. The molecule has 1 aromatic carbocycles. The molecule has 1 unspecified atom stereocenters. The standard InChI is InChI=1S/C11H13BrO4/c1-7(15-2)6-16-10-4-3-8(11(13)14)5-9(10)12/h3-5,7H,6H2,1-2H3,(H,13,14). The third-order valence-electron chi connectivity index (χ3n) is 2.05. The molecule has 0 aliphatic rings. The van der Waals surface area contributed by atoms with Crippen LogP contribution in [0.1, 0.15) is 17.3 Å². The summed E-state index contributed by atoms with van der Waals surface area (Å²) in [4.78, 5) is 10.7. The van der Waals surface area contributed by atoms with Crippen molar-refractivity contribution in [3.63, 3.8) is 0 Å². The van der Waals surface area contributed by atoms with E-state index in [1.165, 1.54) is 12.1 Å². The molecule has 0 aliphatic carbocycles. The van der Waals surface area contributed by atoms with Crippen LogP contribution in [-0.2, 0) is 4.74 Å². The molecule has 0 spiro atoms. The molecular formula is C11H13BrO4. The summed E-state index contributed by atoms with van der Waals surface area (Å²) in [5.74, 6) is -0.355. The lowest BCUT2D eigenvalue weighted by molar-refractivity contribution is 0.0692. The molecule has 88 valence electrons. The van der Waals surface area contributed by atoms with Gasteiger partial charge in [0.05, 0.1) is 16.1 Å². The number of carbonyl (C=O) groups is 1. The van der Waals surface area contributed by atoms with Crippen molar-refractivity contribution in [2.45, 2.75) is 13.0 Å². The second kappa shape index (κ2) is 5.86. The number of rotatable bonds is 5. The lowest BCUT2D eigenvalue weighted by Gasteiger charge is -2.12. The minimum atomic E-state index is -0.961. The molecule has 4 nitrogen and oxygen atoms in total. The monoisotopic (exact) mass is 288 g/mol. The zero-order valence-electron chi connectivity index (χ0n) is 9.07. The normalized spacial score (nSPS) is 12.2. The van der Waals surface area contributed by atoms with Gasteiger partial charge in [0.25, 0.3) is 0 Å². The molecule has 1 rings (SSSR count). The van der Waals surface area contributed by atoms with Crippen molar-refractivity contribution in [2.24, 2.45) is 0 Å². The minimum Gasteiger partial charge on any atom is -0.490 e. The number of aromatic carboxylic acids is 1. The smallest absolute Gasteiger partial charge is 0.335 e. The van der Waals surface area contributed by atoms with E-state index in [9.17, 15) is 4.79 Å². The molecule has 5 heteroatoms. The Morgan fingerprint density at radius 1 is 1.56 bits per heavy atom. The van der Waals surface area contributed by atoms with Crippen LogP contribution >= 0.6 is 15.9 Å². The molecule has 0 aromatic heterocycles. The summed E-state index contributed by atoms with van der Waals surface area (Å²) >= 11 is 3.26. The lowest BCUT2D eigenvalue weighted by Crippen LogP contribution is -2.16. The summed E-state index contributed by atoms with van der Waals surface area (Å²) in [6.45, 7) is 2.31. The Morgan fingerprint density at radius 2 is 2.25 bits per heavy atom. The van der Waals surface area contributed by atoms with E-state index in [-0.39, 0.29) is 11.7 Å². The Hall–Kier alpha value is -1.07. The Bertz CT molecular complexity index is 378. The first kappa shape index (κ1) is 13.0. The number of ether oxygens (including phenoxy) is 2. The number of carboxylic acid groups (broad SMARTS) is 1. The largest absolute Gasteiger partial charge is 0.490 e.